The highest BCUT2D eigenvalue weighted by atomic mass is 31.2. The Morgan fingerprint density at radius 1 is 0.564 bits per heavy atom. The summed E-state index contributed by atoms with van der Waals surface area (Å²) in [6.45, 7) is 3.54. The molecule has 0 rings (SSSR count). The molecule has 55 heavy (non-hydrogen) atoms. The van der Waals surface area contributed by atoms with Crippen molar-refractivity contribution in [1.82, 2.24) is 0 Å². The van der Waals surface area contributed by atoms with Crippen LogP contribution in [-0.2, 0) is 32.7 Å². The third-order valence-electron chi connectivity index (χ3n) is 8.58. The van der Waals surface area contributed by atoms with E-state index >= 15 is 0 Å². The van der Waals surface area contributed by atoms with Gasteiger partial charge in [0.15, 0.2) is 6.10 Å². The topological polar surface area (TPSA) is 134 Å². The van der Waals surface area contributed by atoms with Gasteiger partial charge in [0, 0.05) is 19.4 Å². The van der Waals surface area contributed by atoms with Crippen molar-refractivity contribution in [3.05, 3.63) is 72.9 Å². The maximum Gasteiger partial charge on any atom is 0.472 e. The van der Waals surface area contributed by atoms with Crippen LogP contribution in [-0.4, -0.2) is 49.3 Å². The number of esters is 2. The van der Waals surface area contributed by atoms with Crippen molar-refractivity contribution in [2.75, 3.05) is 26.4 Å². The number of rotatable bonds is 39. The van der Waals surface area contributed by atoms with E-state index in [1.165, 1.54) is 44.9 Å². The zero-order chi connectivity index (χ0) is 40.3. The number of phosphoric acid groups is 1. The minimum absolute atomic E-state index is 0.0447. The summed E-state index contributed by atoms with van der Waals surface area (Å²) in [6, 6.07) is 0. The molecule has 0 aliphatic heterocycles. The van der Waals surface area contributed by atoms with E-state index in [1.54, 1.807) is 0 Å². The Bertz CT molecular complexity index is 1130. The summed E-state index contributed by atoms with van der Waals surface area (Å²) >= 11 is 0. The smallest absolute Gasteiger partial charge is 0.462 e. The highest BCUT2D eigenvalue weighted by Crippen LogP contribution is 2.43. The number of hydrogen-bond donors (Lipinski definition) is 2. The summed E-state index contributed by atoms with van der Waals surface area (Å²) < 4.78 is 32.7. The second-order valence-corrected chi connectivity index (χ2v) is 15.3. The average Bonchev–Trinajstić information content (AvgIpc) is 3.17. The summed E-state index contributed by atoms with van der Waals surface area (Å²) in [5.41, 5.74) is 5.34. The predicted molar refractivity (Wildman–Crippen MR) is 229 cm³/mol. The van der Waals surface area contributed by atoms with Gasteiger partial charge in [-0.25, -0.2) is 4.57 Å². The van der Waals surface area contributed by atoms with Gasteiger partial charge in [0.25, 0.3) is 0 Å². The molecule has 9 nitrogen and oxygen atoms in total. The van der Waals surface area contributed by atoms with E-state index in [9.17, 15) is 19.0 Å². The predicted octanol–water partition coefficient (Wildman–Crippen LogP) is 12.3. The van der Waals surface area contributed by atoms with Crippen molar-refractivity contribution >= 4 is 19.8 Å². The standard InChI is InChI=1S/C45H78NO8P/c1-3-5-7-9-11-13-15-17-19-21-23-25-27-29-31-33-35-37-44(47)51-41-43(42-53-55(49,50)52-40-39-46)54-45(48)38-36-34-32-30-28-26-24-22-20-18-16-14-12-10-8-6-4-2/h5,7,11-14,17-20,23,25,43H,3-4,6,8-10,15-16,21-22,24,26-42,46H2,1-2H3,(H,49,50)/b7-5-,13-11-,14-12-,19-17-,20-18-,25-23-/t43-/m1/s1. The van der Waals surface area contributed by atoms with Gasteiger partial charge in [0.2, 0.25) is 0 Å². The lowest BCUT2D eigenvalue weighted by Crippen LogP contribution is -2.29. The Labute approximate surface area is 335 Å². The fourth-order valence-corrected chi connectivity index (χ4v) is 6.18. The SMILES string of the molecule is CC/C=C\C/C=C\C/C=C\C/C=C\CCCCCCC(=O)OC[C@H](COP(=O)(O)OCCN)OC(=O)CCCCCCCCC/C=C\C/C=C\CCCCC. The molecule has 2 atom stereocenters. The summed E-state index contributed by atoms with van der Waals surface area (Å²) in [7, 11) is -4.39. The van der Waals surface area contributed by atoms with Gasteiger partial charge >= 0.3 is 19.8 Å². The highest BCUT2D eigenvalue weighted by Gasteiger charge is 2.26. The zero-order valence-corrected chi connectivity index (χ0v) is 35.5. The van der Waals surface area contributed by atoms with Crippen LogP contribution in [0.25, 0.3) is 0 Å². The number of nitrogens with two attached hydrogens (primary N) is 1. The van der Waals surface area contributed by atoms with E-state index in [0.717, 1.165) is 83.5 Å². The third-order valence-corrected chi connectivity index (χ3v) is 9.56. The molecular weight excluding hydrogens is 713 g/mol. The normalized spacial score (nSPS) is 14.0. The fraction of sp³-hybridized carbons (Fsp3) is 0.689. The van der Waals surface area contributed by atoms with Gasteiger partial charge in [-0.3, -0.25) is 18.6 Å². The van der Waals surface area contributed by atoms with Crippen LogP contribution >= 0.6 is 7.82 Å². The molecule has 0 saturated heterocycles. The largest absolute Gasteiger partial charge is 0.472 e. The van der Waals surface area contributed by atoms with Crippen molar-refractivity contribution in [2.45, 2.75) is 174 Å². The molecule has 0 bridgehead atoms. The fourth-order valence-electron chi connectivity index (χ4n) is 5.42. The lowest BCUT2D eigenvalue weighted by atomic mass is 10.1. The van der Waals surface area contributed by atoms with E-state index in [-0.39, 0.29) is 32.6 Å². The number of carbonyl (C=O) groups is 2. The first-order valence-electron chi connectivity index (χ1n) is 21.4. The molecule has 0 aromatic rings. The molecule has 0 fully saturated rings. The number of unbranched alkanes of at least 4 members (excludes halogenated alkanes) is 14. The first-order chi connectivity index (χ1) is 26.8. The number of hydrogen-bond acceptors (Lipinski definition) is 8. The molecule has 0 heterocycles. The maximum atomic E-state index is 12.6. The second kappa shape index (κ2) is 41.1. The minimum atomic E-state index is -4.39. The first-order valence-corrected chi connectivity index (χ1v) is 22.9. The molecule has 0 aromatic heterocycles. The molecule has 0 saturated carbocycles. The van der Waals surface area contributed by atoms with Crippen molar-refractivity contribution in [2.24, 2.45) is 5.73 Å². The molecule has 0 spiro atoms. The molecule has 0 amide bonds. The van der Waals surface area contributed by atoms with Gasteiger partial charge in [-0.15, -0.1) is 0 Å². The highest BCUT2D eigenvalue weighted by molar-refractivity contribution is 7.47. The van der Waals surface area contributed by atoms with E-state index in [4.69, 9.17) is 24.3 Å². The number of phosphoric ester groups is 1. The molecular formula is C45H78NO8P. The van der Waals surface area contributed by atoms with Crippen LogP contribution in [0.2, 0.25) is 0 Å². The van der Waals surface area contributed by atoms with Crippen LogP contribution in [0.4, 0.5) is 0 Å². The molecule has 10 heteroatoms. The third kappa shape index (κ3) is 40.9. The zero-order valence-electron chi connectivity index (χ0n) is 34.6. The Morgan fingerprint density at radius 2 is 1.00 bits per heavy atom. The van der Waals surface area contributed by atoms with E-state index in [2.05, 4.69) is 86.8 Å². The van der Waals surface area contributed by atoms with Gasteiger partial charge < -0.3 is 20.1 Å². The van der Waals surface area contributed by atoms with Gasteiger partial charge in [-0.2, -0.15) is 0 Å². The Kier molecular flexibility index (Phi) is 39.2. The van der Waals surface area contributed by atoms with Crippen LogP contribution in [0.5, 0.6) is 0 Å². The molecule has 1 unspecified atom stereocenters. The van der Waals surface area contributed by atoms with Crippen molar-refractivity contribution < 1.29 is 37.6 Å². The summed E-state index contributed by atoms with van der Waals surface area (Å²) in [4.78, 5) is 34.9. The Hall–Kier alpha value is -2.55. The van der Waals surface area contributed by atoms with Gasteiger partial charge in [0.05, 0.1) is 13.2 Å². The van der Waals surface area contributed by atoms with Crippen molar-refractivity contribution in [3.63, 3.8) is 0 Å². The molecule has 0 radical (unpaired) electrons. The monoisotopic (exact) mass is 792 g/mol. The van der Waals surface area contributed by atoms with E-state index in [0.29, 0.717) is 12.8 Å². The summed E-state index contributed by atoms with van der Waals surface area (Å²) in [5.74, 6) is -0.871. The quantitative estimate of drug-likeness (QED) is 0.0270. The van der Waals surface area contributed by atoms with Crippen LogP contribution < -0.4 is 5.73 Å². The molecule has 3 N–H and O–H groups in total. The van der Waals surface area contributed by atoms with Crippen molar-refractivity contribution in [1.29, 1.82) is 0 Å². The van der Waals surface area contributed by atoms with Crippen LogP contribution in [0.15, 0.2) is 72.9 Å². The van der Waals surface area contributed by atoms with Crippen LogP contribution in [0.3, 0.4) is 0 Å². The van der Waals surface area contributed by atoms with E-state index < -0.39 is 32.5 Å². The number of ether oxygens (including phenoxy) is 2. The minimum Gasteiger partial charge on any atom is -0.462 e. The van der Waals surface area contributed by atoms with Gasteiger partial charge in [-0.05, 0) is 83.5 Å². The maximum absolute atomic E-state index is 12.6. The van der Waals surface area contributed by atoms with E-state index in [1.807, 2.05) is 0 Å². The molecule has 316 valence electrons. The van der Waals surface area contributed by atoms with Crippen LogP contribution in [0.1, 0.15) is 168 Å². The number of allylic oxidation sites excluding steroid dienone is 12. The summed E-state index contributed by atoms with van der Waals surface area (Å²) in [6.07, 6.45) is 49.2. The molecule has 0 aromatic carbocycles. The lowest BCUT2D eigenvalue weighted by molar-refractivity contribution is -0.161. The average molecular weight is 792 g/mol. The number of carbonyl (C=O) groups excluding carboxylic acids is 2. The first kappa shape index (κ1) is 52.5. The van der Waals surface area contributed by atoms with Crippen LogP contribution in [0, 0.1) is 0 Å². The van der Waals surface area contributed by atoms with Gasteiger partial charge in [0.1, 0.15) is 6.61 Å². The molecule has 0 aliphatic rings. The Balaban J connectivity index is 4.23. The molecule has 0 aliphatic carbocycles. The second-order valence-electron chi connectivity index (χ2n) is 13.8. The summed E-state index contributed by atoms with van der Waals surface area (Å²) in [5, 5.41) is 0. The Morgan fingerprint density at radius 3 is 1.49 bits per heavy atom. The lowest BCUT2D eigenvalue weighted by Gasteiger charge is -2.19. The van der Waals surface area contributed by atoms with Gasteiger partial charge in [-0.1, -0.05) is 145 Å². The van der Waals surface area contributed by atoms with Crippen molar-refractivity contribution in [3.8, 4) is 0 Å².